The number of nitrogens with zero attached hydrogens (tertiary/aromatic N) is 1. The first-order chi connectivity index (χ1) is 10.1. The third-order valence-electron chi connectivity index (χ3n) is 3.47. The van der Waals surface area contributed by atoms with Gasteiger partial charge in [0.1, 0.15) is 5.37 Å². The molecule has 0 radical (unpaired) electrons. The van der Waals surface area contributed by atoms with Crippen LogP contribution in [-0.2, 0) is 4.79 Å². The third kappa shape index (κ3) is 2.85. The van der Waals surface area contributed by atoms with Crippen LogP contribution in [0.1, 0.15) is 16.5 Å². The van der Waals surface area contributed by atoms with Crippen LogP contribution >= 0.6 is 39.3 Å². The van der Waals surface area contributed by atoms with Gasteiger partial charge in [0.05, 0.1) is 5.75 Å². The highest BCUT2D eigenvalue weighted by atomic mass is 79.9. The number of amides is 1. The highest BCUT2D eigenvalue weighted by Gasteiger charge is 2.35. The number of anilines is 1. The zero-order chi connectivity index (χ0) is 15.0. The largest absolute Gasteiger partial charge is 0.295 e. The van der Waals surface area contributed by atoms with Gasteiger partial charge >= 0.3 is 0 Å². The minimum atomic E-state index is -0.0214. The maximum Gasteiger partial charge on any atom is 0.238 e. The lowest BCUT2D eigenvalue weighted by Crippen LogP contribution is -2.28. The normalized spacial score (nSPS) is 18.3. The molecule has 0 spiro atoms. The number of carbonyl (C=O) groups is 1. The molecule has 0 N–H and O–H groups in total. The molecule has 1 saturated heterocycles. The van der Waals surface area contributed by atoms with Crippen LogP contribution in [0.5, 0.6) is 0 Å². The van der Waals surface area contributed by atoms with Gasteiger partial charge in [-0.3, -0.25) is 9.69 Å². The van der Waals surface area contributed by atoms with E-state index in [0.29, 0.717) is 10.8 Å². The van der Waals surface area contributed by atoms with E-state index in [1.54, 1.807) is 11.8 Å². The second-order valence-corrected chi connectivity index (χ2v) is 7.21. The summed E-state index contributed by atoms with van der Waals surface area (Å²) in [6, 6.07) is 13.8. The Morgan fingerprint density at radius 3 is 2.76 bits per heavy atom. The maximum atomic E-state index is 12.3. The lowest BCUT2D eigenvalue weighted by molar-refractivity contribution is -0.115. The van der Waals surface area contributed by atoms with Gasteiger partial charge in [-0.25, -0.2) is 0 Å². The lowest BCUT2D eigenvalue weighted by atomic mass is 10.1. The van der Waals surface area contributed by atoms with E-state index in [1.807, 2.05) is 54.3 Å². The van der Waals surface area contributed by atoms with E-state index in [-0.39, 0.29) is 11.3 Å². The molecule has 0 saturated carbocycles. The molecule has 108 valence electrons. The zero-order valence-electron chi connectivity index (χ0n) is 11.3. The number of rotatable bonds is 2. The Balaban J connectivity index is 2.04. The van der Waals surface area contributed by atoms with E-state index in [2.05, 4.69) is 15.9 Å². The molecule has 1 fully saturated rings. The summed E-state index contributed by atoms with van der Waals surface area (Å²) < 4.78 is 1.01. The standard InChI is InChI=1S/C16H13BrClNOS/c1-10-6-7-11(8-14(10)18)19-15(20)9-21-16(19)12-4-2-3-5-13(12)17/h2-8,16H,9H2,1H3. The molecule has 5 heteroatoms. The summed E-state index contributed by atoms with van der Waals surface area (Å²) in [4.78, 5) is 14.1. The molecule has 21 heavy (non-hydrogen) atoms. The second kappa shape index (κ2) is 6.03. The van der Waals surface area contributed by atoms with Crippen molar-refractivity contribution in [3.05, 3.63) is 63.1 Å². The highest BCUT2D eigenvalue weighted by Crippen LogP contribution is 2.44. The summed E-state index contributed by atoms with van der Waals surface area (Å²) in [5, 5.41) is 0.662. The fraction of sp³-hybridized carbons (Fsp3) is 0.188. The molecule has 1 unspecified atom stereocenters. The van der Waals surface area contributed by atoms with Gasteiger partial charge in [0.2, 0.25) is 5.91 Å². The molecule has 1 atom stereocenters. The molecule has 1 aliphatic heterocycles. The Kier molecular flexibility index (Phi) is 4.29. The molecule has 0 aromatic heterocycles. The van der Waals surface area contributed by atoms with E-state index in [1.165, 1.54) is 0 Å². The predicted octanol–water partition coefficient (Wildman–Crippen LogP) is 5.19. The molecule has 3 rings (SSSR count). The van der Waals surface area contributed by atoms with Crippen molar-refractivity contribution in [2.75, 3.05) is 10.7 Å². The van der Waals surface area contributed by atoms with Gasteiger partial charge in [-0.05, 0) is 36.2 Å². The second-order valence-electron chi connectivity index (χ2n) is 4.88. The van der Waals surface area contributed by atoms with E-state index < -0.39 is 0 Å². The number of benzene rings is 2. The molecule has 2 aromatic carbocycles. The first-order valence-electron chi connectivity index (χ1n) is 6.52. The van der Waals surface area contributed by atoms with Crippen LogP contribution in [0.3, 0.4) is 0 Å². The topological polar surface area (TPSA) is 20.3 Å². The van der Waals surface area contributed by atoms with Crippen molar-refractivity contribution >= 4 is 50.9 Å². The van der Waals surface area contributed by atoms with E-state index >= 15 is 0 Å². The summed E-state index contributed by atoms with van der Waals surface area (Å²) in [6.45, 7) is 1.96. The van der Waals surface area contributed by atoms with Crippen LogP contribution in [0.25, 0.3) is 0 Å². The molecule has 0 aliphatic carbocycles. The zero-order valence-corrected chi connectivity index (χ0v) is 14.5. The van der Waals surface area contributed by atoms with Crippen molar-refractivity contribution in [1.29, 1.82) is 0 Å². The van der Waals surface area contributed by atoms with Crippen LogP contribution in [0, 0.1) is 6.92 Å². The SMILES string of the molecule is Cc1ccc(N2C(=O)CSC2c2ccccc2Br)cc1Cl. The Morgan fingerprint density at radius 2 is 2.05 bits per heavy atom. The summed E-state index contributed by atoms with van der Waals surface area (Å²) in [6.07, 6.45) is 0. The van der Waals surface area contributed by atoms with Gasteiger partial charge < -0.3 is 0 Å². The lowest BCUT2D eigenvalue weighted by Gasteiger charge is -2.25. The average Bonchev–Trinajstić information content (AvgIpc) is 2.84. The molecule has 1 amide bonds. The quantitative estimate of drug-likeness (QED) is 0.712. The van der Waals surface area contributed by atoms with Crippen LogP contribution in [0.2, 0.25) is 5.02 Å². The summed E-state index contributed by atoms with van der Waals surface area (Å²) in [7, 11) is 0. The molecule has 1 aliphatic rings. The Labute approximate surface area is 141 Å². The first kappa shape index (κ1) is 14.9. The number of thioether (sulfide) groups is 1. The summed E-state index contributed by atoms with van der Waals surface area (Å²) in [5.41, 5.74) is 2.96. The van der Waals surface area contributed by atoms with Crippen LogP contribution in [-0.4, -0.2) is 11.7 Å². The van der Waals surface area contributed by atoms with E-state index in [0.717, 1.165) is 21.3 Å². The smallest absolute Gasteiger partial charge is 0.238 e. The third-order valence-corrected chi connectivity index (χ3v) is 5.80. The van der Waals surface area contributed by atoms with Gasteiger partial charge in [0.15, 0.2) is 0 Å². The van der Waals surface area contributed by atoms with Gasteiger partial charge in [-0.15, -0.1) is 11.8 Å². The van der Waals surface area contributed by atoms with Crippen molar-refractivity contribution in [3.63, 3.8) is 0 Å². The maximum absolute atomic E-state index is 12.3. The monoisotopic (exact) mass is 381 g/mol. The van der Waals surface area contributed by atoms with E-state index in [4.69, 9.17) is 11.6 Å². The minimum absolute atomic E-state index is 0.0214. The molecule has 0 bridgehead atoms. The van der Waals surface area contributed by atoms with E-state index in [9.17, 15) is 4.79 Å². The number of hydrogen-bond acceptors (Lipinski definition) is 2. The minimum Gasteiger partial charge on any atom is -0.295 e. The van der Waals surface area contributed by atoms with Crippen LogP contribution < -0.4 is 4.90 Å². The van der Waals surface area contributed by atoms with Crippen LogP contribution in [0.4, 0.5) is 5.69 Å². The van der Waals surface area contributed by atoms with Crippen molar-refractivity contribution < 1.29 is 4.79 Å². The van der Waals surface area contributed by atoms with Gasteiger partial charge in [-0.2, -0.15) is 0 Å². The van der Waals surface area contributed by atoms with Crippen molar-refractivity contribution in [3.8, 4) is 0 Å². The summed E-state index contributed by atoms with van der Waals surface area (Å²) in [5.74, 6) is 0.595. The Bertz CT molecular complexity index is 706. The van der Waals surface area contributed by atoms with Gasteiger partial charge in [-0.1, -0.05) is 51.8 Å². The molecule has 2 nitrogen and oxygen atoms in total. The van der Waals surface area contributed by atoms with Crippen molar-refractivity contribution in [1.82, 2.24) is 0 Å². The number of aryl methyl sites for hydroxylation is 1. The average molecular weight is 383 g/mol. The van der Waals surface area contributed by atoms with Crippen molar-refractivity contribution in [2.45, 2.75) is 12.3 Å². The number of hydrogen-bond donors (Lipinski definition) is 0. The fourth-order valence-corrected chi connectivity index (χ4v) is 4.38. The number of carbonyl (C=O) groups excluding carboxylic acids is 1. The summed E-state index contributed by atoms with van der Waals surface area (Å²) >= 11 is 11.4. The Morgan fingerprint density at radius 1 is 1.29 bits per heavy atom. The molecular weight excluding hydrogens is 370 g/mol. The van der Waals surface area contributed by atoms with Gasteiger partial charge in [0, 0.05) is 15.2 Å². The molecule has 1 heterocycles. The fourth-order valence-electron chi connectivity index (χ4n) is 2.34. The van der Waals surface area contributed by atoms with Crippen molar-refractivity contribution in [2.24, 2.45) is 0 Å². The highest BCUT2D eigenvalue weighted by molar-refractivity contribution is 9.10. The first-order valence-corrected chi connectivity index (χ1v) is 8.74. The van der Waals surface area contributed by atoms with Crippen LogP contribution in [0.15, 0.2) is 46.9 Å². The van der Waals surface area contributed by atoms with Gasteiger partial charge in [0.25, 0.3) is 0 Å². The molecule has 2 aromatic rings. The Hall–Kier alpha value is -0.970. The number of halogens is 2. The predicted molar refractivity (Wildman–Crippen MR) is 93.0 cm³/mol. The molecular formula is C16H13BrClNOS.